The number of morpholine rings is 1. The lowest BCUT2D eigenvalue weighted by atomic mass is 10.0. The number of hydrogen-bond acceptors (Lipinski definition) is 4. The maximum absolute atomic E-state index is 5.71. The molecule has 2 heterocycles. The van der Waals surface area contributed by atoms with Crippen LogP contribution in [0.25, 0.3) is 0 Å². The molecule has 4 nitrogen and oxygen atoms in total. The van der Waals surface area contributed by atoms with E-state index in [0.29, 0.717) is 12.0 Å². The van der Waals surface area contributed by atoms with Gasteiger partial charge in [-0.25, -0.2) is 0 Å². The van der Waals surface area contributed by atoms with Gasteiger partial charge < -0.3 is 14.5 Å². The van der Waals surface area contributed by atoms with Crippen LogP contribution in [0.15, 0.2) is 16.5 Å². The zero-order chi connectivity index (χ0) is 15.2. The van der Waals surface area contributed by atoms with E-state index < -0.39 is 0 Å². The normalized spacial score (nSPS) is 19.9. The fraction of sp³-hybridized carbons (Fsp3) is 0.765. The molecule has 1 aromatic heterocycles. The summed E-state index contributed by atoms with van der Waals surface area (Å²) in [5.74, 6) is 2.71. The van der Waals surface area contributed by atoms with Crippen molar-refractivity contribution in [2.45, 2.75) is 46.2 Å². The van der Waals surface area contributed by atoms with Gasteiger partial charge in [0.05, 0.1) is 19.3 Å². The first-order valence-corrected chi connectivity index (χ1v) is 8.17. The van der Waals surface area contributed by atoms with Crippen molar-refractivity contribution in [3.8, 4) is 0 Å². The van der Waals surface area contributed by atoms with Crippen molar-refractivity contribution in [2.75, 3.05) is 32.8 Å². The summed E-state index contributed by atoms with van der Waals surface area (Å²) in [6.07, 6.45) is 1.22. The van der Waals surface area contributed by atoms with Gasteiger partial charge in [0, 0.05) is 25.7 Å². The molecule has 1 saturated heterocycles. The third-order valence-electron chi connectivity index (χ3n) is 4.15. The molecule has 1 aromatic rings. The van der Waals surface area contributed by atoms with Gasteiger partial charge in [-0.15, -0.1) is 0 Å². The van der Waals surface area contributed by atoms with E-state index in [0.717, 1.165) is 44.4 Å². The molecule has 1 fully saturated rings. The summed E-state index contributed by atoms with van der Waals surface area (Å²) < 4.78 is 11.2. The lowest BCUT2D eigenvalue weighted by molar-refractivity contribution is 0.0118. The summed E-state index contributed by atoms with van der Waals surface area (Å²) in [6.45, 7) is 13.6. The average Bonchev–Trinajstić information content (AvgIpc) is 2.90. The van der Waals surface area contributed by atoms with Crippen LogP contribution >= 0.6 is 0 Å². The molecular formula is C17H30N2O2. The molecule has 2 unspecified atom stereocenters. The Hall–Kier alpha value is -0.840. The Bertz CT molecular complexity index is 411. The molecule has 21 heavy (non-hydrogen) atoms. The third kappa shape index (κ3) is 5.13. The van der Waals surface area contributed by atoms with Crippen LogP contribution in [-0.4, -0.2) is 43.8 Å². The molecule has 2 atom stereocenters. The number of hydrogen-bond donors (Lipinski definition) is 1. The van der Waals surface area contributed by atoms with Crippen LogP contribution in [-0.2, 0) is 4.74 Å². The molecule has 0 amide bonds. The number of ether oxygens (including phenoxy) is 1. The fourth-order valence-electron chi connectivity index (χ4n) is 2.95. The van der Waals surface area contributed by atoms with Crippen molar-refractivity contribution in [3.63, 3.8) is 0 Å². The minimum atomic E-state index is 0.259. The highest BCUT2D eigenvalue weighted by Crippen LogP contribution is 2.18. The van der Waals surface area contributed by atoms with E-state index >= 15 is 0 Å². The molecule has 120 valence electrons. The standard InChI is InChI=1S/C17H30N2O2/c1-13(2)11-16(19-7-9-20-10-8-19)12-18-15(4)17-6-5-14(3)21-17/h5-6,13,15-16,18H,7-12H2,1-4H3. The fourth-order valence-corrected chi connectivity index (χ4v) is 2.95. The zero-order valence-electron chi connectivity index (χ0n) is 13.9. The molecule has 0 spiro atoms. The summed E-state index contributed by atoms with van der Waals surface area (Å²) in [6, 6.07) is 4.93. The minimum absolute atomic E-state index is 0.259. The summed E-state index contributed by atoms with van der Waals surface area (Å²) in [5, 5.41) is 3.64. The van der Waals surface area contributed by atoms with Crippen molar-refractivity contribution < 1.29 is 9.15 Å². The number of nitrogens with one attached hydrogen (secondary N) is 1. The van der Waals surface area contributed by atoms with E-state index in [4.69, 9.17) is 9.15 Å². The quantitative estimate of drug-likeness (QED) is 0.839. The van der Waals surface area contributed by atoms with Gasteiger partial charge in [-0.05, 0) is 38.3 Å². The molecule has 1 aliphatic rings. The smallest absolute Gasteiger partial charge is 0.120 e. The SMILES string of the molecule is Cc1ccc(C(C)NCC(CC(C)C)N2CCOCC2)o1. The first-order valence-electron chi connectivity index (χ1n) is 8.17. The number of nitrogens with zero attached hydrogens (tertiary/aromatic N) is 1. The molecule has 2 rings (SSSR count). The van der Waals surface area contributed by atoms with Gasteiger partial charge in [0.25, 0.3) is 0 Å². The van der Waals surface area contributed by atoms with Gasteiger partial charge >= 0.3 is 0 Å². The second-order valence-corrected chi connectivity index (χ2v) is 6.51. The molecule has 0 aromatic carbocycles. The van der Waals surface area contributed by atoms with Crippen LogP contribution in [0.3, 0.4) is 0 Å². The van der Waals surface area contributed by atoms with Crippen molar-refractivity contribution in [1.29, 1.82) is 0 Å². The monoisotopic (exact) mass is 294 g/mol. The second-order valence-electron chi connectivity index (χ2n) is 6.51. The lowest BCUT2D eigenvalue weighted by Crippen LogP contribution is -2.48. The summed E-state index contributed by atoms with van der Waals surface area (Å²) in [4.78, 5) is 2.57. The maximum Gasteiger partial charge on any atom is 0.120 e. The first kappa shape index (κ1) is 16.5. The van der Waals surface area contributed by atoms with Crippen LogP contribution in [0.5, 0.6) is 0 Å². The van der Waals surface area contributed by atoms with Crippen molar-refractivity contribution >= 4 is 0 Å². The van der Waals surface area contributed by atoms with Gasteiger partial charge in [0.15, 0.2) is 0 Å². The number of aryl methyl sites for hydroxylation is 1. The lowest BCUT2D eigenvalue weighted by Gasteiger charge is -2.36. The molecular weight excluding hydrogens is 264 g/mol. The Morgan fingerprint density at radius 2 is 1.90 bits per heavy atom. The largest absolute Gasteiger partial charge is 0.465 e. The van der Waals surface area contributed by atoms with E-state index in [1.54, 1.807) is 0 Å². The van der Waals surface area contributed by atoms with Crippen molar-refractivity contribution in [3.05, 3.63) is 23.7 Å². The van der Waals surface area contributed by atoms with Crippen molar-refractivity contribution in [2.24, 2.45) is 5.92 Å². The van der Waals surface area contributed by atoms with Gasteiger partial charge in [0.2, 0.25) is 0 Å². The van der Waals surface area contributed by atoms with Gasteiger partial charge in [0.1, 0.15) is 11.5 Å². The van der Waals surface area contributed by atoms with Gasteiger partial charge in [-0.3, -0.25) is 4.90 Å². The molecule has 0 radical (unpaired) electrons. The summed E-state index contributed by atoms with van der Waals surface area (Å²) in [5.41, 5.74) is 0. The minimum Gasteiger partial charge on any atom is -0.465 e. The molecule has 0 aliphatic carbocycles. The van der Waals surface area contributed by atoms with Crippen LogP contribution < -0.4 is 5.32 Å². The van der Waals surface area contributed by atoms with Gasteiger partial charge in [-0.1, -0.05) is 13.8 Å². The Labute approximate surface area is 128 Å². The van der Waals surface area contributed by atoms with E-state index in [9.17, 15) is 0 Å². The second kappa shape index (κ2) is 7.97. The highest BCUT2D eigenvalue weighted by Gasteiger charge is 2.22. The predicted octanol–water partition coefficient (Wildman–Crippen LogP) is 2.99. The van der Waals surface area contributed by atoms with E-state index in [1.165, 1.54) is 6.42 Å². The highest BCUT2D eigenvalue weighted by molar-refractivity contribution is 5.08. The highest BCUT2D eigenvalue weighted by atomic mass is 16.5. The van der Waals surface area contributed by atoms with Crippen LogP contribution in [0.4, 0.5) is 0 Å². The molecule has 0 bridgehead atoms. The van der Waals surface area contributed by atoms with Crippen molar-refractivity contribution in [1.82, 2.24) is 10.2 Å². The van der Waals surface area contributed by atoms with E-state index in [2.05, 4.69) is 37.1 Å². The van der Waals surface area contributed by atoms with E-state index in [1.807, 2.05) is 13.0 Å². The molecule has 4 heteroatoms. The maximum atomic E-state index is 5.71. The third-order valence-corrected chi connectivity index (χ3v) is 4.15. The predicted molar refractivity (Wildman–Crippen MR) is 85.5 cm³/mol. The Morgan fingerprint density at radius 3 is 2.48 bits per heavy atom. The summed E-state index contributed by atoms with van der Waals surface area (Å²) >= 11 is 0. The Morgan fingerprint density at radius 1 is 1.19 bits per heavy atom. The first-order chi connectivity index (χ1) is 10.1. The Balaban J connectivity index is 1.88. The summed E-state index contributed by atoms with van der Waals surface area (Å²) in [7, 11) is 0. The van der Waals surface area contributed by atoms with Gasteiger partial charge in [-0.2, -0.15) is 0 Å². The topological polar surface area (TPSA) is 37.6 Å². The van der Waals surface area contributed by atoms with E-state index in [-0.39, 0.29) is 6.04 Å². The Kier molecular flexibility index (Phi) is 6.27. The van der Waals surface area contributed by atoms with Crippen LogP contribution in [0, 0.1) is 12.8 Å². The molecule has 1 N–H and O–H groups in total. The van der Waals surface area contributed by atoms with Crippen LogP contribution in [0.1, 0.15) is 44.8 Å². The van der Waals surface area contributed by atoms with Crippen LogP contribution in [0.2, 0.25) is 0 Å². The number of rotatable bonds is 7. The number of furan rings is 1. The molecule has 1 aliphatic heterocycles. The average molecular weight is 294 g/mol. The zero-order valence-corrected chi connectivity index (χ0v) is 13.9. The molecule has 0 saturated carbocycles.